The molecule has 1 unspecified atom stereocenters. The maximum absolute atomic E-state index is 12.5. The number of thiophene rings is 1. The van der Waals surface area contributed by atoms with Crippen molar-refractivity contribution in [2.45, 2.75) is 45.6 Å². The van der Waals surface area contributed by atoms with Gasteiger partial charge in [-0.05, 0) is 56.7 Å². The molecule has 1 aliphatic carbocycles. The number of rotatable bonds is 2. The summed E-state index contributed by atoms with van der Waals surface area (Å²) in [5.74, 6) is 1.56. The van der Waals surface area contributed by atoms with E-state index in [1.54, 1.807) is 11.3 Å². The normalized spacial score (nSPS) is 22.8. The molecule has 4 rings (SSSR count). The van der Waals surface area contributed by atoms with Crippen molar-refractivity contribution in [1.82, 2.24) is 14.9 Å². The van der Waals surface area contributed by atoms with Gasteiger partial charge in [-0.25, -0.2) is 4.98 Å². The van der Waals surface area contributed by atoms with Crippen molar-refractivity contribution in [1.29, 1.82) is 0 Å². The van der Waals surface area contributed by atoms with Gasteiger partial charge >= 0.3 is 0 Å². The summed E-state index contributed by atoms with van der Waals surface area (Å²) in [5, 5.41) is 0.868. The number of H-pyrrole nitrogens is 1. The van der Waals surface area contributed by atoms with Gasteiger partial charge in [0.1, 0.15) is 10.7 Å². The van der Waals surface area contributed by atoms with Crippen molar-refractivity contribution < 1.29 is 0 Å². The lowest BCUT2D eigenvalue weighted by Crippen LogP contribution is -2.22. The molecule has 0 radical (unpaired) electrons. The average molecular weight is 303 g/mol. The van der Waals surface area contributed by atoms with Gasteiger partial charge in [-0.3, -0.25) is 9.69 Å². The number of fused-ring (bicyclic) bond motifs is 3. The molecular weight excluding hydrogens is 282 g/mol. The molecular formula is C16H21N3OS. The lowest BCUT2D eigenvalue weighted by atomic mass is 9.89. The molecule has 0 amide bonds. The molecule has 0 aromatic carbocycles. The third-order valence-electron chi connectivity index (χ3n) is 4.79. The van der Waals surface area contributed by atoms with E-state index in [2.05, 4.69) is 16.8 Å². The minimum absolute atomic E-state index is 0.0706. The maximum Gasteiger partial charge on any atom is 0.259 e. The SMILES string of the molecule is CC1CCc2c(sc3nc(CN4CCCC4)[nH]c(=O)c23)C1. The van der Waals surface area contributed by atoms with Crippen LogP contribution in [0.15, 0.2) is 4.79 Å². The number of aromatic amines is 1. The Bertz CT molecular complexity index is 727. The standard InChI is InChI=1S/C16H21N3OS/c1-10-4-5-11-12(8-10)21-16-14(11)15(20)17-13(18-16)9-19-6-2-3-7-19/h10H,2-9H2,1H3,(H,17,18,20). The van der Waals surface area contributed by atoms with E-state index in [0.29, 0.717) is 0 Å². The van der Waals surface area contributed by atoms with Crippen LogP contribution in [0.1, 0.15) is 42.5 Å². The highest BCUT2D eigenvalue weighted by atomic mass is 32.1. The van der Waals surface area contributed by atoms with Crippen LogP contribution < -0.4 is 5.56 Å². The summed E-state index contributed by atoms with van der Waals surface area (Å²) in [7, 11) is 0. The first-order valence-corrected chi connectivity index (χ1v) is 8.78. The van der Waals surface area contributed by atoms with E-state index in [4.69, 9.17) is 4.98 Å². The van der Waals surface area contributed by atoms with Gasteiger partial charge < -0.3 is 4.98 Å². The number of hydrogen-bond acceptors (Lipinski definition) is 4. The third kappa shape index (κ3) is 2.42. The van der Waals surface area contributed by atoms with Gasteiger partial charge in [0.2, 0.25) is 0 Å². The molecule has 1 saturated heterocycles. The Balaban J connectivity index is 1.74. The molecule has 112 valence electrons. The Labute approximate surface area is 128 Å². The monoisotopic (exact) mass is 303 g/mol. The Kier molecular flexibility index (Phi) is 3.34. The van der Waals surface area contributed by atoms with Gasteiger partial charge in [0.25, 0.3) is 5.56 Å². The fraction of sp³-hybridized carbons (Fsp3) is 0.625. The molecule has 0 spiro atoms. The van der Waals surface area contributed by atoms with Gasteiger partial charge in [0.15, 0.2) is 0 Å². The third-order valence-corrected chi connectivity index (χ3v) is 5.93. The molecule has 1 fully saturated rings. The molecule has 2 aliphatic rings. The van der Waals surface area contributed by atoms with Crippen molar-refractivity contribution in [3.05, 3.63) is 26.6 Å². The summed E-state index contributed by atoms with van der Waals surface area (Å²) in [6.07, 6.45) is 5.85. The second kappa shape index (κ2) is 5.21. The zero-order valence-electron chi connectivity index (χ0n) is 12.4. The second-order valence-electron chi connectivity index (χ2n) is 6.53. The number of aromatic nitrogens is 2. The minimum atomic E-state index is 0.0706. The zero-order chi connectivity index (χ0) is 14.4. The molecule has 1 atom stereocenters. The molecule has 1 aliphatic heterocycles. The predicted molar refractivity (Wildman–Crippen MR) is 85.9 cm³/mol. The first kappa shape index (κ1) is 13.5. The Hall–Kier alpha value is -1.20. The van der Waals surface area contributed by atoms with Gasteiger partial charge in [0, 0.05) is 4.88 Å². The van der Waals surface area contributed by atoms with E-state index in [1.807, 2.05) is 0 Å². The first-order valence-electron chi connectivity index (χ1n) is 7.96. The van der Waals surface area contributed by atoms with E-state index in [0.717, 1.165) is 54.4 Å². The van der Waals surface area contributed by atoms with Crippen LogP contribution in [0.3, 0.4) is 0 Å². The molecule has 4 nitrogen and oxygen atoms in total. The van der Waals surface area contributed by atoms with E-state index < -0.39 is 0 Å². The van der Waals surface area contributed by atoms with Crippen LogP contribution in [-0.2, 0) is 19.4 Å². The molecule has 0 bridgehead atoms. The fourth-order valence-electron chi connectivity index (χ4n) is 3.62. The van der Waals surface area contributed by atoms with E-state index in [9.17, 15) is 4.79 Å². The molecule has 2 aromatic heterocycles. The van der Waals surface area contributed by atoms with Crippen LogP contribution in [0.5, 0.6) is 0 Å². The maximum atomic E-state index is 12.5. The highest BCUT2D eigenvalue weighted by Gasteiger charge is 2.23. The van der Waals surface area contributed by atoms with Gasteiger partial charge in [-0.2, -0.15) is 0 Å². The second-order valence-corrected chi connectivity index (χ2v) is 7.61. The number of nitrogens with one attached hydrogen (secondary N) is 1. The molecule has 3 heterocycles. The van der Waals surface area contributed by atoms with Crippen LogP contribution >= 0.6 is 11.3 Å². The molecule has 5 heteroatoms. The lowest BCUT2D eigenvalue weighted by Gasteiger charge is -2.17. The van der Waals surface area contributed by atoms with Crippen molar-refractivity contribution in [2.75, 3.05) is 13.1 Å². The summed E-state index contributed by atoms with van der Waals surface area (Å²) in [6, 6.07) is 0. The fourth-order valence-corrected chi connectivity index (χ4v) is 5.02. The van der Waals surface area contributed by atoms with Crippen LogP contribution in [0, 0.1) is 5.92 Å². The van der Waals surface area contributed by atoms with Gasteiger partial charge in [0.05, 0.1) is 11.9 Å². The number of aryl methyl sites for hydroxylation is 1. The summed E-state index contributed by atoms with van der Waals surface area (Å²) in [4.78, 5) is 25.0. The number of hydrogen-bond donors (Lipinski definition) is 1. The van der Waals surface area contributed by atoms with E-state index >= 15 is 0 Å². The summed E-state index contributed by atoms with van der Waals surface area (Å²) in [6.45, 7) is 5.33. The van der Waals surface area contributed by atoms with Crippen molar-refractivity contribution in [3.63, 3.8) is 0 Å². The molecule has 0 saturated carbocycles. The first-order chi connectivity index (χ1) is 10.2. The van der Waals surface area contributed by atoms with E-state index in [1.165, 1.54) is 29.7 Å². The van der Waals surface area contributed by atoms with Gasteiger partial charge in [-0.1, -0.05) is 6.92 Å². The largest absolute Gasteiger partial charge is 0.309 e. The number of nitrogens with zero attached hydrogens (tertiary/aromatic N) is 2. The Morgan fingerprint density at radius 1 is 1.38 bits per heavy atom. The topological polar surface area (TPSA) is 49.0 Å². The average Bonchev–Trinajstić information content (AvgIpc) is 3.05. The van der Waals surface area contributed by atoms with E-state index in [-0.39, 0.29) is 5.56 Å². The quantitative estimate of drug-likeness (QED) is 0.928. The van der Waals surface area contributed by atoms with Crippen molar-refractivity contribution in [3.8, 4) is 0 Å². The Morgan fingerprint density at radius 3 is 3.00 bits per heavy atom. The molecule has 2 aromatic rings. The summed E-state index contributed by atoms with van der Waals surface area (Å²) < 4.78 is 0. The molecule has 1 N–H and O–H groups in total. The summed E-state index contributed by atoms with van der Waals surface area (Å²) >= 11 is 1.74. The zero-order valence-corrected chi connectivity index (χ0v) is 13.3. The van der Waals surface area contributed by atoms with Crippen LogP contribution in [0.4, 0.5) is 0 Å². The van der Waals surface area contributed by atoms with Gasteiger partial charge in [-0.15, -0.1) is 11.3 Å². The highest BCUT2D eigenvalue weighted by molar-refractivity contribution is 7.18. The Morgan fingerprint density at radius 2 is 2.19 bits per heavy atom. The minimum Gasteiger partial charge on any atom is -0.309 e. The summed E-state index contributed by atoms with van der Waals surface area (Å²) in [5.41, 5.74) is 1.34. The lowest BCUT2D eigenvalue weighted by molar-refractivity contribution is 0.322. The van der Waals surface area contributed by atoms with Crippen molar-refractivity contribution >= 4 is 21.6 Å². The van der Waals surface area contributed by atoms with Crippen molar-refractivity contribution in [2.24, 2.45) is 5.92 Å². The van der Waals surface area contributed by atoms with Crippen LogP contribution in [-0.4, -0.2) is 28.0 Å². The molecule has 21 heavy (non-hydrogen) atoms. The van der Waals surface area contributed by atoms with Crippen LogP contribution in [0.2, 0.25) is 0 Å². The highest BCUT2D eigenvalue weighted by Crippen LogP contribution is 2.35. The number of likely N-dealkylation sites (tertiary alicyclic amines) is 1. The smallest absolute Gasteiger partial charge is 0.259 e. The van der Waals surface area contributed by atoms with Crippen LogP contribution in [0.25, 0.3) is 10.2 Å². The predicted octanol–water partition coefficient (Wildman–Crippen LogP) is 2.71.